The normalized spacial score (nSPS) is 21.0. The summed E-state index contributed by atoms with van der Waals surface area (Å²) in [6.07, 6.45) is 1.84. The van der Waals surface area contributed by atoms with Gasteiger partial charge in [-0.05, 0) is 37.8 Å². The fourth-order valence-corrected chi connectivity index (χ4v) is 2.91. The van der Waals surface area contributed by atoms with Gasteiger partial charge < -0.3 is 15.3 Å². The van der Waals surface area contributed by atoms with E-state index in [-0.39, 0.29) is 5.91 Å². The highest BCUT2D eigenvalue weighted by molar-refractivity contribution is 5.72. The van der Waals surface area contributed by atoms with Gasteiger partial charge in [-0.1, -0.05) is 29.8 Å². The first-order chi connectivity index (χ1) is 10.0. The van der Waals surface area contributed by atoms with Gasteiger partial charge in [-0.15, -0.1) is 0 Å². The average Bonchev–Trinajstić information content (AvgIpc) is 2.46. The fourth-order valence-electron chi connectivity index (χ4n) is 2.91. The number of rotatable bonds is 5. The van der Waals surface area contributed by atoms with E-state index in [0.717, 1.165) is 38.0 Å². The van der Waals surface area contributed by atoms with Crippen molar-refractivity contribution in [3.05, 3.63) is 35.4 Å². The van der Waals surface area contributed by atoms with Gasteiger partial charge in [0, 0.05) is 26.6 Å². The minimum atomic E-state index is -0.440. The van der Waals surface area contributed by atoms with E-state index in [9.17, 15) is 9.90 Å². The number of β-amino-alcohol motifs (C(OH)–C–C–N with tert-alkyl or cyclic N) is 1. The van der Waals surface area contributed by atoms with Crippen LogP contribution in [-0.2, 0) is 4.79 Å². The summed E-state index contributed by atoms with van der Waals surface area (Å²) in [7, 11) is 0. The van der Waals surface area contributed by atoms with Crippen molar-refractivity contribution < 1.29 is 9.90 Å². The Bertz CT molecular complexity index is 458. The van der Waals surface area contributed by atoms with Crippen LogP contribution in [0.3, 0.4) is 0 Å². The number of nitrogens with one attached hydrogen (secondary N) is 1. The summed E-state index contributed by atoms with van der Waals surface area (Å²) in [6, 6.07) is 8.07. The molecular weight excluding hydrogens is 264 g/mol. The van der Waals surface area contributed by atoms with Crippen LogP contribution in [0.2, 0.25) is 0 Å². The summed E-state index contributed by atoms with van der Waals surface area (Å²) in [5.74, 6) is 0.527. The molecule has 21 heavy (non-hydrogen) atoms. The molecule has 0 spiro atoms. The average molecular weight is 290 g/mol. The first-order valence-electron chi connectivity index (χ1n) is 7.76. The molecule has 1 saturated heterocycles. The monoisotopic (exact) mass is 290 g/mol. The molecule has 0 bridgehead atoms. The van der Waals surface area contributed by atoms with E-state index in [1.807, 2.05) is 31.2 Å². The van der Waals surface area contributed by atoms with Crippen molar-refractivity contribution in [2.75, 3.05) is 26.2 Å². The number of piperidine rings is 1. The summed E-state index contributed by atoms with van der Waals surface area (Å²) < 4.78 is 0. The van der Waals surface area contributed by atoms with Crippen LogP contribution in [-0.4, -0.2) is 42.1 Å². The zero-order valence-corrected chi connectivity index (χ0v) is 13.0. The molecule has 2 rings (SSSR count). The second-order valence-corrected chi connectivity index (χ2v) is 6.13. The Hall–Kier alpha value is -1.39. The zero-order chi connectivity index (χ0) is 15.2. The lowest BCUT2D eigenvalue weighted by Crippen LogP contribution is -2.42. The Morgan fingerprint density at radius 1 is 1.43 bits per heavy atom. The summed E-state index contributed by atoms with van der Waals surface area (Å²) in [4.78, 5) is 13.3. The summed E-state index contributed by atoms with van der Waals surface area (Å²) in [6.45, 7) is 6.99. The van der Waals surface area contributed by atoms with Crippen LogP contribution in [0.5, 0.6) is 0 Å². The number of benzene rings is 1. The molecule has 1 amide bonds. The molecule has 4 nitrogen and oxygen atoms in total. The third-order valence-electron chi connectivity index (χ3n) is 4.14. The maximum absolute atomic E-state index is 11.0. The minimum Gasteiger partial charge on any atom is -0.387 e. The van der Waals surface area contributed by atoms with E-state index in [1.54, 1.807) is 6.92 Å². The molecule has 2 atom stereocenters. The van der Waals surface area contributed by atoms with Crippen LogP contribution < -0.4 is 5.32 Å². The first kappa shape index (κ1) is 16.0. The van der Waals surface area contributed by atoms with E-state index in [4.69, 9.17) is 0 Å². The molecular formula is C17H26N2O2. The minimum absolute atomic E-state index is 0.0341. The number of carbonyl (C=O) groups excluding carboxylic acids is 1. The smallest absolute Gasteiger partial charge is 0.216 e. The molecule has 2 N–H and O–H groups in total. The van der Waals surface area contributed by atoms with Crippen molar-refractivity contribution in [3.8, 4) is 0 Å². The number of hydrogen-bond donors (Lipinski definition) is 2. The fraction of sp³-hybridized carbons (Fsp3) is 0.588. The van der Waals surface area contributed by atoms with E-state index in [1.165, 1.54) is 5.56 Å². The van der Waals surface area contributed by atoms with Gasteiger partial charge in [0.1, 0.15) is 0 Å². The Morgan fingerprint density at radius 2 is 2.14 bits per heavy atom. The Kier molecular flexibility index (Phi) is 5.76. The third kappa shape index (κ3) is 5.14. The standard InChI is InChI=1S/C17H26N2O2/c1-13-5-7-16(8-6-13)17(21)12-19-9-3-4-15(11-19)10-18-14(2)20/h5-8,15,17,21H,3-4,9-12H2,1-2H3,(H,18,20). The highest BCUT2D eigenvalue weighted by Gasteiger charge is 2.22. The van der Waals surface area contributed by atoms with Gasteiger partial charge in [0.2, 0.25) is 5.91 Å². The van der Waals surface area contributed by atoms with Crippen LogP contribution in [0.15, 0.2) is 24.3 Å². The van der Waals surface area contributed by atoms with Gasteiger partial charge in [-0.25, -0.2) is 0 Å². The van der Waals surface area contributed by atoms with Crippen molar-refractivity contribution in [2.24, 2.45) is 5.92 Å². The molecule has 0 aromatic heterocycles. The van der Waals surface area contributed by atoms with Crippen molar-refractivity contribution >= 4 is 5.91 Å². The third-order valence-corrected chi connectivity index (χ3v) is 4.14. The lowest BCUT2D eigenvalue weighted by molar-refractivity contribution is -0.119. The predicted molar refractivity (Wildman–Crippen MR) is 84.0 cm³/mol. The zero-order valence-electron chi connectivity index (χ0n) is 13.0. The molecule has 0 saturated carbocycles. The molecule has 2 unspecified atom stereocenters. The Labute approximate surface area is 127 Å². The predicted octanol–water partition coefficient (Wildman–Crippen LogP) is 1.88. The number of hydrogen-bond acceptors (Lipinski definition) is 3. The van der Waals surface area contributed by atoms with Gasteiger partial charge in [-0.2, -0.15) is 0 Å². The molecule has 4 heteroatoms. The van der Waals surface area contributed by atoms with Gasteiger partial charge in [-0.3, -0.25) is 4.79 Å². The molecule has 0 aliphatic carbocycles. The maximum Gasteiger partial charge on any atom is 0.216 e. The quantitative estimate of drug-likeness (QED) is 0.870. The summed E-state index contributed by atoms with van der Waals surface area (Å²) in [5, 5.41) is 13.3. The number of aryl methyl sites for hydroxylation is 1. The Morgan fingerprint density at radius 3 is 2.81 bits per heavy atom. The van der Waals surface area contributed by atoms with Crippen molar-refractivity contribution in [1.82, 2.24) is 10.2 Å². The topological polar surface area (TPSA) is 52.6 Å². The second kappa shape index (κ2) is 7.57. The van der Waals surface area contributed by atoms with Gasteiger partial charge in [0.25, 0.3) is 0 Å². The van der Waals surface area contributed by atoms with E-state index < -0.39 is 6.10 Å². The molecule has 1 aromatic carbocycles. The molecule has 1 fully saturated rings. The largest absolute Gasteiger partial charge is 0.387 e. The number of amides is 1. The highest BCUT2D eigenvalue weighted by atomic mass is 16.3. The first-order valence-corrected chi connectivity index (χ1v) is 7.76. The Balaban J connectivity index is 1.84. The number of aliphatic hydroxyl groups excluding tert-OH is 1. The SMILES string of the molecule is CC(=O)NCC1CCCN(CC(O)c2ccc(C)cc2)C1. The van der Waals surface area contributed by atoms with E-state index in [2.05, 4.69) is 10.2 Å². The molecule has 1 heterocycles. The molecule has 1 aromatic rings. The highest BCUT2D eigenvalue weighted by Crippen LogP contribution is 2.20. The van der Waals surface area contributed by atoms with Crippen LogP contribution in [0, 0.1) is 12.8 Å². The molecule has 0 radical (unpaired) electrons. The van der Waals surface area contributed by atoms with Crippen molar-refractivity contribution in [1.29, 1.82) is 0 Å². The van der Waals surface area contributed by atoms with Gasteiger partial charge >= 0.3 is 0 Å². The maximum atomic E-state index is 11.0. The second-order valence-electron chi connectivity index (χ2n) is 6.13. The number of aliphatic hydroxyl groups is 1. The number of nitrogens with zero attached hydrogens (tertiary/aromatic N) is 1. The molecule has 116 valence electrons. The van der Waals surface area contributed by atoms with Crippen molar-refractivity contribution in [2.45, 2.75) is 32.8 Å². The molecule has 1 aliphatic heterocycles. The van der Waals surface area contributed by atoms with E-state index in [0.29, 0.717) is 12.5 Å². The summed E-state index contributed by atoms with van der Waals surface area (Å²) >= 11 is 0. The number of carbonyl (C=O) groups is 1. The van der Waals surface area contributed by atoms with Crippen molar-refractivity contribution in [3.63, 3.8) is 0 Å². The number of likely N-dealkylation sites (tertiary alicyclic amines) is 1. The molecule has 1 aliphatic rings. The van der Waals surface area contributed by atoms with Crippen LogP contribution >= 0.6 is 0 Å². The van der Waals surface area contributed by atoms with Crippen LogP contribution in [0.4, 0.5) is 0 Å². The van der Waals surface area contributed by atoms with Gasteiger partial charge in [0.05, 0.1) is 6.10 Å². The van der Waals surface area contributed by atoms with Crippen LogP contribution in [0.1, 0.15) is 37.0 Å². The van der Waals surface area contributed by atoms with Gasteiger partial charge in [0.15, 0.2) is 0 Å². The van der Waals surface area contributed by atoms with E-state index >= 15 is 0 Å². The lowest BCUT2D eigenvalue weighted by atomic mass is 9.97. The lowest BCUT2D eigenvalue weighted by Gasteiger charge is -2.34. The van der Waals surface area contributed by atoms with Crippen LogP contribution in [0.25, 0.3) is 0 Å². The summed E-state index contributed by atoms with van der Waals surface area (Å²) in [5.41, 5.74) is 2.18.